The van der Waals surface area contributed by atoms with E-state index in [2.05, 4.69) is 15.6 Å². The summed E-state index contributed by atoms with van der Waals surface area (Å²) in [6, 6.07) is 17.4. The number of para-hydroxylation sites is 1. The molecule has 200 valence electrons. The van der Waals surface area contributed by atoms with Crippen molar-refractivity contribution in [2.75, 3.05) is 23.8 Å². The van der Waals surface area contributed by atoms with Gasteiger partial charge < -0.3 is 14.8 Å². The minimum Gasteiger partial charge on any atom is -0.462 e. The number of nitrogens with one attached hydrogen (secondary N) is 2. The van der Waals surface area contributed by atoms with E-state index in [4.69, 9.17) is 21.7 Å². The molecule has 1 fully saturated rings. The van der Waals surface area contributed by atoms with Gasteiger partial charge in [0.25, 0.3) is 5.91 Å². The van der Waals surface area contributed by atoms with Crippen LogP contribution in [0.4, 0.5) is 15.6 Å². The van der Waals surface area contributed by atoms with Gasteiger partial charge in [0.05, 0.1) is 17.2 Å². The summed E-state index contributed by atoms with van der Waals surface area (Å²) in [4.78, 5) is 56.3. The number of anilines is 2. The first-order valence-corrected chi connectivity index (χ1v) is 13.7. The lowest BCUT2D eigenvalue weighted by molar-refractivity contribution is -0.147. The van der Waals surface area contributed by atoms with E-state index < -0.39 is 30.4 Å². The Morgan fingerprint density at radius 3 is 2.38 bits per heavy atom. The number of carbonyl (C=O) groups is 4. The number of carbonyl (C=O) groups excluding carboxylic acids is 4. The van der Waals surface area contributed by atoms with Crippen molar-refractivity contribution in [2.45, 2.75) is 13.5 Å². The lowest BCUT2D eigenvalue weighted by atomic mass is 10.2. The van der Waals surface area contributed by atoms with Crippen LogP contribution in [0.25, 0.3) is 5.57 Å². The quantitative estimate of drug-likeness (QED) is 0.210. The van der Waals surface area contributed by atoms with Crippen LogP contribution >= 0.6 is 35.3 Å². The number of hydrogen-bond acceptors (Lipinski definition) is 10. The average Bonchev–Trinajstić information content (AvgIpc) is 3.48. The molecule has 1 aromatic heterocycles. The molecule has 0 aliphatic carbocycles. The van der Waals surface area contributed by atoms with Gasteiger partial charge in [0, 0.05) is 11.1 Å². The maximum atomic E-state index is 13.3. The Bertz CT molecular complexity index is 1430. The van der Waals surface area contributed by atoms with Crippen LogP contribution in [-0.2, 0) is 30.5 Å². The van der Waals surface area contributed by atoms with Crippen LogP contribution < -0.4 is 10.6 Å². The number of thiocarbonyl (C=S) groups is 1. The van der Waals surface area contributed by atoms with E-state index in [0.717, 1.165) is 33.6 Å². The molecule has 10 nitrogen and oxygen atoms in total. The van der Waals surface area contributed by atoms with Crippen LogP contribution in [0.2, 0.25) is 0 Å². The summed E-state index contributed by atoms with van der Waals surface area (Å²) >= 11 is 7.25. The summed E-state index contributed by atoms with van der Waals surface area (Å²) in [5.41, 5.74) is 1.40. The Labute approximate surface area is 237 Å². The van der Waals surface area contributed by atoms with Crippen LogP contribution in [0.5, 0.6) is 0 Å². The molecule has 0 unspecified atom stereocenters. The molecule has 2 N–H and O–H groups in total. The molecule has 0 atom stereocenters. The fourth-order valence-electron chi connectivity index (χ4n) is 3.34. The summed E-state index contributed by atoms with van der Waals surface area (Å²) in [6.07, 6.45) is 0. The standard InChI is InChI=1S/C26H22N4O6S3/c1-2-35-23(33)20(18-15-38-25(28-18)29-24(34)27-17-11-7-4-8-12-17)21-22(32)30(26(37)39-21)13-19(31)36-14-16-9-5-3-6-10-16/h3-12,15H,2,13-14H2,1H3,(H2,27,28,29,34). The van der Waals surface area contributed by atoms with Crippen LogP contribution in [0.1, 0.15) is 18.2 Å². The van der Waals surface area contributed by atoms with Crippen molar-refractivity contribution in [1.82, 2.24) is 9.88 Å². The SMILES string of the molecule is CCOC(=O)C(=C1SC(=S)N(CC(=O)OCc2ccccc2)C1=O)c1csc(NC(=O)Nc2ccccc2)n1. The summed E-state index contributed by atoms with van der Waals surface area (Å²) in [7, 11) is 0. The first-order chi connectivity index (χ1) is 18.9. The van der Waals surface area contributed by atoms with Crippen LogP contribution in [-0.4, -0.2) is 51.2 Å². The molecular formula is C26H22N4O6S3. The Hall–Kier alpha value is -4.07. The van der Waals surface area contributed by atoms with Gasteiger partial charge in [0.15, 0.2) is 5.13 Å². The minimum absolute atomic E-state index is 0.0279. The number of hydrogen-bond donors (Lipinski definition) is 2. The number of esters is 2. The highest BCUT2D eigenvalue weighted by Gasteiger charge is 2.39. The largest absolute Gasteiger partial charge is 0.462 e. The Morgan fingerprint density at radius 2 is 1.69 bits per heavy atom. The molecule has 1 aliphatic heterocycles. The number of urea groups is 1. The lowest BCUT2D eigenvalue weighted by Gasteiger charge is -2.14. The summed E-state index contributed by atoms with van der Waals surface area (Å²) in [5, 5.41) is 6.99. The van der Waals surface area contributed by atoms with Gasteiger partial charge in [-0.05, 0) is 24.6 Å². The molecule has 0 spiro atoms. The predicted octanol–water partition coefficient (Wildman–Crippen LogP) is 4.67. The van der Waals surface area contributed by atoms with Crippen molar-refractivity contribution in [3.63, 3.8) is 0 Å². The Morgan fingerprint density at radius 1 is 1.00 bits per heavy atom. The molecule has 1 saturated heterocycles. The number of ether oxygens (including phenoxy) is 2. The second kappa shape index (κ2) is 13.1. The number of amides is 3. The molecule has 3 aromatic rings. The van der Waals surface area contributed by atoms with E-state index >= 15 is 0 Å². The van der Waals surface area contributed by atoms with Gasteiger partial charge in [-0.25, -0.2) is 14.6 Å². The third-order valence-electron chi connectivity index (χ3n) is 5.10. The average molecular weight is 583 g/mol. The van der Waals surface area contributed by atoms with E-state index in [1.165, 1.54) is 5.38 Å². The van der Waals surface area contributed by atoms with Gasteiger partial charge in [-0.3, -0.25) is 19.8 Å². The summed E-state index contributed by atoms with van der Waals surface area (Å²) < 4.78 is 10.5. The predicted molar refractivity (Wildman–Crippen MR) is 153 cm³/mol. The van der Waals surface area contributed by atoms with E-state index in [0.29, 0.717) is 5.69 Å². The van der Waals surface area contributed by atoms with Crippen molar-refractivity contribution in [2.24, 2.45) is 0 Å². The molecule has 0 bridgehead atoms. The summed E-state index contributed by atoms with van der Waals surface area (Å²) in [5.74, 6) is -2.08. The molecule has 39 heavy (non-hydrogen) atoms. The van der Waals surface area contributed by atoms with E-state index in [-0.39, 0.29) is 38.8 Å². The highest BCUT2D eigenvalue weighted by Crippen LogP contribution is 2.38. The lowest BCUT2D eigenvalue weighted by Crippen LogP contribution is -2.34. The topological polar surface area (TPSA) is 127 Å². The van der Waals surface area contributed by atoms with Crippen LogP contribution in [0, 0.1) is 0 Å². The van der Waals surface area contributed by atoms with E-state index in [1.807, 2.05) is 36.4 Å². The second-order valence-electron chi connectivity index (χ2n) is 7.81. The van der Waals surface area contributed by atoms with Crippen LogP contribution in [0.3, 0.4) is 0 Å². The zero-order chi connectivity index (χ0) is 27.8. The van der Waals surface area contributed by atoms with Crippen molar-refractivity contribution >= 4 is 79.9 Å². The van der Waals surface area contributed by atoms with Crippen molar-refractivity contribution in [3.05, 3.63) is 82.2 Å². The number of thioether (sulfide) groups is 1. The van der Waals surface area contributed by atoms with Crippen molar-refractivity contribution < 1.29 is 28.7 Å². The molecule has 0 saturated carbocycles. The van der Waals surface area contributed by atoms with Gasteiger partial charge in [0.2, 0.25) is 0 Å². The molecular weight excluding hydrogens is 561 g/mol. The third-order valence-corrected chi connectivity index (χ3v) is 7.30. The highest BCUT2D eigenvalue weighted by atomic mass is 32.2. The maximum Gasteiger partial charge on any atom is 0.341 e. The first-order valence-electron chi connectivity index (χ1n) is 11.6. The summed E-state index contributed by atoms with van der Waals surface area (Å²) in [6.45, 7) is 1.32. The molecule has 1 aliphatic rings. The Balaban J connectivity index is 1.50. The van der Waals surface area contributed by atoms with Crippen molar-refractivity contribution in [3.8, 4) is 0 Å². The van der Waals surface area contributed by atoms with Gasteiger partial charge in [0.1, 0.15) is 23.0 Å². The van der Waals surface area contributed by atoms with Gasteiger partial charge in [-0.1, -0.05) is 72.5 Å². The molecule has 4 rings (SSSR count). The maximum absolute atomic E-state index is 13.3. The van der Waals surface area contributed by atoms with Gasteiger partial charge >= 0.3 is 18.0 Å². The fourth-order valence-corrected chi connectivity index (χ4v) is 5.36. The number of rotatable bonds is 9. The number of aromatic nitrogens is 1. The number of thiazole rings is 1. The molecule has 2 aromatic carbocycles. The first kappa shape index (κ1) is 28.0. The number of benzene rings is 2. The molecule has 2 heterocycles. The van der Waals surface area contributed by atoms with E-state index in [1.54, 1.807) is 31.2 Å². The van der Waals surface area contributed by atoms with Gasteiger partial charge in [-0.2, -0.15) is 0 Å². The smallest absolute Gasteiger partial charge is 0.341 e. The van der Waals surface area contributed by atoms with Crippen molar-refractivity contribution in [1.29, 1.82) is 0 Å². The fraction of sp³-hybridized carbons (Fsp3) is 0.154. The monoisotopic (exact) mass is 582 g/mol. The third kappa shape index (κ3) is 7.28. The minimum atomic E-state index is -0.782. The zero-order valence-electron chi connectivity index (χ0n) is 20.5. The normalized spacial score (nSPS) is 14.1. The second-order valence-corrected chi connectivity index (χ2v) is 10.3. The van der Waals surface area contributed by atoms with Crippen LogP contribution in [0.15, 0.2) is 70.9 Å². The molecule has 13 heteroatoms. The van der Waals surface area contributed by atoms with E-state index in [9.17, 15) is 19.2 Å². The van der Waals surface area contributed by atoms with Gasteiger partial charge in [-0.15, -0.1) is 11.3 Å². The number of nitrogens with zero attached hydrogens (tertiary/aromatic N) is 2. The zero-order valence-corrected chi connectivity index (χ0v) is 23.0. The molecule has 3 amide bonds. The molecule has 0 radical (unpaired) electrons. The highest BCUT2D eigenvalue weighted by molar-refractivity contribution is 8.26. The Kier molecular flexibility index (Phi) is 9.41.